The van der Waals surface area contributed by atoms with Crippen molar-refractivity contribution in [3.05, 3.63) is 40.3 Å². The van der Waals surface area contributed by atoms with Gasteiger partial charge in [-0.05, 0) is 32.0 Å². The number of carbonyl (C=O) groups excluding carboxylic acids is 1. The molecule has 23 heavy (non-hydrogen) atoms. The summed E-state index contributed by atoms with van der Waals surface area (Å²) in [5.41, 5.74) is 0.457. The van der Waals surface area contributed by atoms with Crippen LogP contribution >= 0.6 is 11.3 Å². The van der Waals surface area contributed by atoms with Gasteiger partial charge in [0.15, 0.2) is 0 Å². The van der Waals surface area contributed by atoms with Gasteiger partial charge in [0, 0.05) is 24.4 Å². The van der Waals surface area contributed by atoms with Gasteiger partial charge in [-0.25, -0.2) is 9.78 Å². The van der Waals surface area contributed by atoms with Gasteiger partial charge in [0.2, 0.25) is 5.91 Å². The number of rotatable bonds is 7. The Morgan fingerprint density at radius 3 is 2.78 bits per heavy atom. The van der Waals surface area contributed by atoms with Crippen LogP contribution < -0.4 is 10.1 Å². The molecule has 1 heterocycles. The van der Waals surface area contributed by atoms with Gasteiger partial charge in [-0.2, -0.15) is 0 Å². The molecule has 2 aromatic rings. The molecule has 2 rings (SSSR count). The summed E-state index contributed by atoms with van der Waals surface area (Å²) < 4.78 is 5.61. The lowest BCUT2D eigenvalue weighted by Crippen LogP contribution is -2.15. The largest absolute Gasteiger partial charge is 0.489 e. The maximum Gasteiger partial charge on any atom is 0.335 e. The molecule has 122 valence electrons. The first-order chi connectivity index (χ1) is 11.0. The maximum atomic E-state index is 12.1. The third kappa shape index (κ3) is 5.07. The van der Waals surface area contributed by atoms with Gasteiger partial charge in [-0.1, -0.05) is 0 Å². The zero-order valence-electron chi connectivity index (χ0n) is 12.9. The topological polar surface area (TPSA) is 88.5 Å². The number of aromatic nitrogens is 1. The molecule has 0 saturated heterocycles. The summed E-state index contributed by atoms with van der Waals surface area (Å²) in [5, 5.41) is 14.6. The van der Waals surface area contributed by atoms with Crippen LogP contribution in [0.3, 0.4) is 0 Å². The van der Waals surface area contributed by atoms with Gasteiger partial charge in [-0.15, -0.1) is 11.3 Å². The van der Waals surface area contributed by atoms with Crippen molar-refractivity contribution in [3.63, 3.8) is 0 Å². The normalized spacial score (nSPS) is 10.6. The summed E-state index contributed by atoms with van der Waals surface area (Å²) in [4.78, 5) is 27.3. The Hall–Kier alpha value is -2.41. The summed E-state index contributed by atoms with van der Waals surface area (Å²) >= 11 is 1.50. The Bertz CT molecular complexity index is 683. The van der Waals surface area contributed by atoms with E-state index in [2.05, 4.69) is 10.3 Å². The van der Waals surface area contributed by atoms with Crippen LogP contribution in [0, 0.1) is 0 Å². The SMILES string of the molecule is CC(C)Oc1ccc(C(=O)O)cc1NC(=O)CCc1nccs1. The van der Waals surface area contributed by atoms with Crippen molar-refractivity contribution in [2.24, 2.45) is 0 Å². The van der Waals surface area contributed by atoms with Crippen LogP contribution in [-0.2, 0) is 11.2 Å². The summed E-state index contributed by atoms with van der Waals surface area (Å²) in [6.45, 7) is 3.72. The molecule has 0 unspecified atom stereocenters. The number of nitrogens with one attached hydrogen (secondary N) is 1. The number of aryl methyl sites for hydroxylation is 1. The van der Waals surface area contributed by atoms with E-state index in [1.54, 1.807) is 12.3 Å². The van der Waals surface area contributed by atoms with E-state index in [1.807, 2.05) is 19.2 Å². The first-order valence-corrected chi connectivity index (χ1v) is 8.06. The minimum Gasteiger partial charge on any atom is -0.489 e. The summed E-state index contributed by atoms with van der Waals surface area (Å²) in [6, 6.07) is 4.41. The highest BCUT2D eigenvalue weighted by Crippen LogP contribution is 2.27. The monoisotopic (exact) mass is 334 g/mol. The molecule has 0 aliphatic rings. The Morgan fingerprint density at radius 1 is 1.39 bits per heavy atom. The van der Waals surface area contributed by atoms with E-state index in [1.165, 1.54) is 23.5 Å². The fourth-order valence-electron chi connectivity index (χ4n) is 1.93. The van der Waals surface area contributed by atoms with E-state index >= 15 is 0 Å². The number of carbonyl (C=O) groups is 2. The van der Waals surface area contributed by atoms with Crippen molar-refractivity contribution in [2.75, 3.05) is 5.32 Å². The van der Waals surface area contributed by atoms with Gasteiger partial charge >= 0.3 is 5.97 Å². The molecule has 1 aromatic carbocycles. The molecule has 2 N–H and O–H groups in total. The quantitative estimate of drug-likeness (QED) is 0.812. The fraction of sp³-hybridized carbons (Fsp3) is 0.312. The standard InChI is InChI=1S/C16H18N2O4S/c1-10(2)22-13-4-3-11(16(20)21)9-12(13)18-14(19)5-6-15-17-7-8-23-15/h3-4,7-10H,5-6H2,1-2H3,(H,18,19)(H,20,21). The van der Waals surface area contributed by atoms with E-state index in [9.17, 15) is 9.59 Å². The number of carboxylic acids is 1. The molecule has 0 aliphatic carbocycles. The van der Waals surface area contributed by atoms with Crippen LogP contribution in [0.5, 0.6) is 5.75 Å². The van der Waals surface area contributed by atoms with E-state index in [-0.39, 0.29) is 24.0 Å². The first kappa shape index (κ1) is 17.0. The number of hydrogen-bond acceptors (Lipinski definition) is 5. The molecule has 0 aliphatic heterocycles. The number of hydrogen-bond donors (Lipinski definition) is 2. The molecular formula is C16H18N2O4S. The molecule has 0 saturated carbocycles. The molecule has 0 spiro atoms. The molecule has 1 amide bonds. The molecule has 0 radical (unpaired) electrons. The van der Waals surface area contributed by atoms with Gasteiger partial charge in [-0.3, -0.25) is 4.79 Å². The van der Waals surface area contributed by atoms with E-state index in [0.717, 1.165) is 5.01 Å². The molecule has 1 aromatic heterocycles. The van der Waals surface area contributed by atoms with Crippen molar-refractivity contribution < 1.29 is 19.4 Å². The van der Waals surface area contributed by atoms with Crippen molar-refractivity contribution in [1.82, 2.24) is 4.98 Å². The smallest absolute Gasteiger partial charge is 0.335 e. The summed E-state index contributed by atoms with van der Waals surface area (Å²) in [5.74, 6) is -0.816. The van der Waals surface area contributed by atoms with Crippen molar-refractivity contribution >= 4 is 28.9 Å². The fourth-order valence-corrected chi connectivity index (χ4v) is 2.55. The third-order valence-corrected chi connectivity index (χ3v) is 3.75. The van der Waals surface area contributed by atoms with Crippen molar-refractivity contribution in [2.45, 2.75) is 32.8 Å². The van der Waals surface area contributed by atoms with E-state index in [4.69, 9.17) is 9.84 Å². The van der Waals surface area contributed by atoms with Crippen LogP contribution in [-0.4, -0.2) is 28.1 Å². The number of amides is 1. The van der Waals surface area contributed by atoms with Gasteiger partial charge in [0.25, 0.3) is 0 Å². The lowest BCUT2D eigenvalue weighted by molar-refractivity contribution is -0.116. The Balaban J connectivity index is 2.10. The van der Waals surface area contributed by atoms with Crippen molar-refractivity contribution in [1.29, 1.82) is 0 Å². The molecule has 7 heteroatoms. The number of anilines is 1. The molecule has 6 nitrogen and oxygen atoms in total. The molecule has 0 bridgehead atoms. The summed E-state index contributed by atoms with van der Waals surface area (Å²) in [7, 11) is 0. The predicted octanol–water partition coefficient (Wildman–Crippen LogP) is 3.20. The van der Waals surface area contributed by atoms with Gasteiger partial charge in [0.05, 0.1) is 22.4 Å². The van der Waals surface area contributed by atoms with Crippen LogP contribution in [0.1, 0.15) is 35.6 Å². The van der Waals surface area contributed by atoms with Crippen LogP contribution in [0.15, 0.2) is 29.8 Å². The second kappa shape index (κ2) is 7.73. The minimum absolute atomic E-state index is 0.0864. The Morgan fingerprint density at radius 2 is 2.17 bits per heavy atom. The predicted molar refractivity (Wildman–Crippen MR) is 88.2 cm³/mol. The lowest BCUT2D eigenvalue weighted by atomic mass is 10.1. The lowest BCUT2D eigenvalue weighted by Gasteiger charge is -2.15. The summed E-state index contributed by atoms with van der Waals surface area (Å²) in [6.07, 6.45) is 2.42. The Labute approximate surface area is 138 Å². The highest BCUT2D eigenvalue weighted by Gasteiger charge is 2.13. The van der Waals surface area contributed by atoms with Crippen LogP contribution in [0.25, 0.3) is 0 Å². The molecular weight excluding hydrogens is 316 g/mol. The van der Waals surface area contributed by atoms with E-state index < -0.39 is 5.97 Å². The van der Waals surface area contributed by atoms with Crippen molar-refractivity contribution in [3.8, 4) is 5.75 Å². The number of carboxylic acid groups (broad SMARTS) is 1. The van der Waals surface area contributed by atoms with Crippen LogP contribution in [0.4, 0.5) is 5.69 Å². The highest BCUT2D eigenvalue weighted by molar-refractivity contribution is 7.09. The number of benzene rings is 1. The number of ether oxygens (including phenoxy) is 1. The zero-order valence-corrected chi connectivity index (χ0v) is 13.7. The number of aromatic carboxylic acids is 1. The third-order valence-electron chi connectivity index (χ3n) is 2.91. The average Bonchev–Trinajstić information content (AvgIpc) is 2.99. The van der Waals surface area contributed by atoms with Gasteiger partial charge in [0.1, 0.15) is 5.75 Å². The van der Waals surface area contributed by atoms with Gasteiger partial charge < -0.3 is 15.2 Å². The number of thiazole rings is 1. The Kier molecular flexibility index (Phi) is 5.70. The minimum atomic E-state index is -1.06. The molecule has 0 fully saturated rings. The second-order valence-electron chi connectivity index (χ2n) is 5.16. The maximum absolute atomic E-state index is 12.1. The van der Waals surface area contributed by atoms with E-state index in [0.29, 0.717) is 17.9 Å². The first-order valence-electron chi connectivity index (χ1n) is 7.18. The average molecular weight is 334 g/mol. The molecule has 0 atom stereocenters. The zero-order chi connectivity index (χ0) is 16.8. The van der Waals surface area contributed by atoms with Crippen LogP contribution in [0.2, 0.25) is 0 Å². The second-order valence-corrected chi connectivity index (χ2v) is 6.14. The number of nitrogens with zero attached hydrogens (tertiary/aromatic N) is 1. The highest BCUT2D eigenvalue weighted by atomic mass is 32.1.